The Morgan fingerprint density at radius 2 is 2.33 bits per heavy atom. The van der Waals surface area contributed by atoms with Gasteiger partial charge in [-0.25, -0.2) is 0 Å². The van der Waals surface area contributed by atoms with Gasteiger partial charge in [0.1, 0.15) is 0 Å². The minimum atomic E-state index is -0.729. The molecule has 12 heavy (non-hydrogen) atoms. The van der Waals surface area contributed by atoms with E-state index in [2.05, 4.69) is 10.6 Å². The Kier molecular flexibility index (Phi) is 3.94. The summed E-state index contributed by atoms with van der Waals surface area (Å²) in [5.41, 5.74) is 0. The van der Waals surface area contributed by atoms with Crippen molar-refractivity contribution in [3.05, 3.63) is 0 Å². The van der Waals surface area contributed by atoms with Crippen molar-refractivity contribution < 1.29 is 4.21 Å². The highest BCUT2D eigenvalue weighted by Crippen LogP contribution is 2.18. The van der Waals surface area contributed by atoms with E-state index in [-0.39, 0.29) is 0 Å². The van der Waals surface area contributed by atoms with E-state index in [1.165, 1.54) is 12.8 Å². The fourth-order valence-electron chi connectivity index (χ4n) is 0.772. The molecule has 1 aliphatic carbocycles. The molecule has 1 saturated carbocycles. The molecule has 0 amide bonds. The first kappa shape index (κ1) is 9.92. The Bertz CT molecular complexity index is 192. The van der Waals surface area contributed by atoms with Gasteiger partial charge >= 0.3 is 0 Å². The third-order valence-corrected chi connectivity index (χ3v) is 2.63. The van der Waals surface area contributed by atoms with Crippen molar-refractivity contribution >= 4 is 28.1 Å². The van der Waals surface area contributed by atoms with Gasteiger partial charge in [-0.3, -0.25) is 4.21 Å². The molecule has 70 valence electrons. The van der Waals surface area contributed by atoms with Crippen molar-refractivity contribution in [2.45, 2.75) is 18.9 Å². The van der Waals surface area contributed by atoms with Gasteiger partial charge in [-0.2, -0.15) is 0 Å². The molecular formula is C7H14N2OS2. The third-order valence-electron chi connectivity index (χ3n) is 1.59. The number of rotatable bonds is 4. The Hall–Kier alpha value is -0.160. The zero-order valence-corrected chi connectivity index (χ0v) is 8.76. The van der Waals surface area contributed by atoms with Crippen LogP contribution in [0.4, 0.5) is 0 Å². The highest BCUT2D eigenvalue weighted by molar-refractivity contribution is 7.84. The second kappa shape index (κ2) is 4.77. The summed E-state index contributed by atoms with van der Waals surface area (Å²) >= 11 is 5.00. The summed E-state index contributed by atoms with van der Waals surface area (Å²) in [6, 6.07) is 0.595. The van der Waals surface area contributed by atoms with Crippen molar-refractivity contribution in [1.29, 1.82) is 0 Å². The molecule has 1 rings (SSSR count). The molecule has 0 heterocycles. The molecule has 1 fully saturated rings. The van der Waals surface area contributed by atoms with Crippen LogP contribution in [0, 0.1) is 0 Å². The summed E-state index contributed by atoms with van der Waals surface area (Å²) in [4.78, 5) is 0. The first-order valence-corrected chi connectivity index (χ1v) is 6.16. The molecule has 0 aromatic carbocycles. The fourth-order valence-corrected chi connectivity index (χ4v) is 1.43. The van der Waals surface area contributed by atoms with Crippen molar-refractivity contribution in [2.75, 3.05) is 18.6 Å². The maximum Gasteiger partial charge on any atom is 0.166 e. The number of thiocarbonyl (C=S) groups is 1. The number of nitrogens with one attached hydrogen (secondary N) is 2. The van der Waals surface area contributed by atoms with Crippen LogP contribution in [0.25, 0.3) is 0 Å². The lowest BCUT2D eigenvalue weighted by Gasteiger charge is -2.07. The van der Waals surface area contributed by atoms with Crippen molar-refractivity contribution in [3.63, 3.8) is 0 Å². The maximum atomic E-state index is 10.7. The lowest BCUT2D eigenvalue weighted by Crippen LogP contribution is -2.38. The summed E-state index contributed by atoms with van der Waals surface area (Å²) in [6.07, 6.45) is 4.14. The van der Waals surface area contributed by atoms with Crippen molar-refractivity contribution in [1.82, 2.24) is 10.6 Å². The first-order valence-electron chi connectivity index (χ1n) is 4.03. The molecule has 0 radical (unpaired) electrons. The van der Waals surface area contributed by atoms with Crippen LogP contribution in [0.1, 0.15) is 12.8 Å². The average Bonchev–Trinajstić information content (AvgIpc) is 2.70. The molecule has 0 bridgehead atoms. The predicted octanol–water partition coefficient (Wildman–Crippen LogP) is -0.00860. The molecule has 0 aliphatic heterocycles. The van der Waals surface area contributed by atoms with Gasteiger partial charge in [-0.15, -0.1) is 0 Å². The van der Waals surface area contributed by atoms with Crippen LogP contribution in [0.3, 0.4) is 0 Å². The SMILES string of the molecule is CS(=O)CCNC(=S)NC1CC1. The summed E-state index contributed by atoms with van der Waals surface area (Å²) in [5, 5.41) is 6.86. The van der Waals surface area contributed by atoms with Crippen LogP contribution in [0.2, 0.25) is 0 Å². The highest BCUT2D eigenvalue weighted by atomic mass is 32.2. The zero-order chi connectivity index (χ0) is 8.97. The molecular weight excluding hydrogens is 192 g/mol. The normalized spacial score (nSPS) is 18.4. The molecule has 0 aromatic rings. The smallest absolute Gasteiger partial charge is 0.166 e. The maximum absolute atomic E-state index is 10.7. The van der Waals surface area contributed by atoms with E-state index in [9.17, 15) is 4.21 Å². The predicted molar refractivity (Wildman–Crippen MR) is 55.7 cm³/mol. The van der Waals surface area contributed by atoms with Gasteiger partial charge in [0.05, 0.1) is 0 Å². The molecule has 0 spiro atoms. The third kappa shape index (κ3) is 4.66. The molecule has 0 saturated heterocycles. The Morgan fingerprint density at radius 1 is 1.67 bits per heavy atom. The first-order chi connectivity index (χ1) is 5.68. The van der Waals surface area contributed by atoms with E-state index >= 15 is 0 Å². The minimum Gasteiger partial charge on any atom is -0.362 e. The van der Waals surface area contributed by atoms with Crippen LogP contribution in [0.5, 0.6) is 0 Å². The molecule has 1 atom stereocenters. The Balaban J connectivity index is 1.97. The lowest BCUT2D eigenvalue weighted by atomic mass is 10.7. The highest BCUT2D eigenvalue weighted by Gasteiger charge is 2.21. The van der Waals surface area contributed by atoms with Gasteiger partial charge < -0.3 is 10.6 Å². The second-order valence-electron chi connectivity index (χ2n) is 2.95. The largest absolute Gasteiger partial charge is 0.362 e. The average molecular weight is 206 g/mol. The van der Waals surface area contributed by atoms with Crippen LogP contribution >= 0.6 is 12.2 Å². The van der Waals surface area contributed by atoms with Crippen LogP contribution in [-0.2, 0) is 10.8 Å². The summed E-state index contributed by atoms with van der Waals surface area (Å²) in [5.74, 6) is 0.659. The van der Waals surface area contributed by atoms with Gasteiger partial charge in [-0.05, 0) is 25.1 Å². The summed E-state index contributed by atoms with van der Waals surface area (Å²) in [6.45, 7) is 0.696. The van der Waals surface area contributed by atoms with E-state index in [1.807, 2.05) is 0 Å². The standard InChI is InChI=1S/C7H14N2OS2/c1-12(10)5-4-8-7(11)9-6-2-3-6/h6H,2-5H2,1H3,(H2,8,9,11). The van der Waals surface area contributed by atoms with Gasteiger partial charge in [0, 0.05) is 35.4 Å². The molecule has 3 nitrogen and oxygen atoms in total. The Morgan fingerprint density at radius 3 is 2.83 bits per heavy atom. The molecule has 2 N–H and O–H groups in total. The molecule has 5 heteroatoms. The van der Waals surface area contributed by atoms with Gasteiger partial charge in [0.2, 0.25) is 0 Å². The second-order valence-corrected chi connectivity index (χ2v) is 4.91. The van der Waals surface area contributed by atoms with Crippen LogP contribution in [-0.4, -0.2) is 33.9 Å². The van der Waals surface area contributed by atoms with Gasteiger partial charge in [0.25, 0.3) is 0 Å². The van der Waals surface area contributed by atoms with Crippen molar-refractivity contribution in [3.8, 4) is 0 Å². The van der Waals surface area contributed by atoms with E-state index in [1.54, 1.807) is 6.26 Å². The van der Waals surface area contributed by atoms with E-state index < -0.39 is 10.8 Å². The summed E-state index contributed by atoms with van der Waals surface area (Å²) < 4.78 is 10.7. The minimum absolute atomic E-state index is 0.595. The van der Waals surface area contributed by atoms with E-state index in [0.29, 0.717) is 23.5 Å². The zero-order valence-electron chi connectivity index (χ0n) is 7.13. The lowest BCUT2D eigenvalue weighted by molar-refractivity contribution is 0.685. The topological polar surface area (TPSA) is 41.1 Å². The molecule has 0 aromatic heterocycles. The van der Waals surface area contributed by atoms with E-state index in [0.717, 1.165) is 0 Å². The fraction of sp³-hybridized carbons (Fsp3) is 0.857. The molecule has 1 aliphatic rings. The van der Waals surface area contributed by atoms with Gasteiger partial charge in [0.15, 0.2) is 5.11 Å². The van der Waals surface area contributed by atoms with Crippen molar-refractivity contribution in [2.24, 2.45) is 0 Å². The quantitative estimate of drug-likeness (QED) is 0.635. The van der Waals surface area contributed by atoms with Crippen LogP contribution < -0.4 is 10.6 Å². The summed E-state index contributed by atoms with van der Waals surface area (Å²) in [7, 11) is -0.729. The molecule has 1 unspecified atom stereocenters. The number of hydrogen-bond donors (Lipinski definition) is 2. The monoisotopic (exact) mass is 206 g/mol. The number of hydrogen-bond acceptors (Lipinski definition) is 2. The van der Waals surface area contributed by atoms with E-state index in [4.69, 9.17) is 12.2 Å². The van der Waals surface area contributed by atoms with Crippen LogP contribution in [0.15, 0.2) is 0 Å². The Labute approximate surface area is 80.8 Å². The van der Waals surface area contributed by atoms with Gasteiger partial charge in [-0.1, -0.05) is 0 Å².